The molecule has 2 aromatic heterocycles. The average molecular weight is 188 g/mol. The first-order chi connectivity index (χ1) is 6.65. The second-order valence-corrected chi connectivity index (χ2v) is 4.33. The summed E-state index contributed by atoms with van der Waals surface area (Å²) in [5, 5.41) is 0. The largest absolute Gasteiger partial charge is 0.360 e. The van der Waals surface area contributed by atoms with Crippen molar-refractivity contribution in [2.75, 3.05) is 0 Å². The van der Waals surface area contributed by atoms with Gasteiger partial charge in [-0.3, -0.25) is 4.98 Å². The summed E-state index contributed by atoms with van der Waals surface area (Å²) in [6.07, 6.45) is 4.97. The molecule has 2 rings (SSSR count). The number of nitrogens with zero attached hydrogens (tertiary/aromatic N) is 1. The molecule has 0 aliphatic carbocycles. The van der Waals surface area contributed by atoms with Crippen molar-refractivity contribution < 1.29 is 0 Å². The van der Waals surface area contributed by atoms with E-state index in [-0.39, 0.29) is 5.41 Å². The van der Waals surface area contributed by atoms with Crippen molar-refractivity contribution in [1.82, 2.24) is 9.97 Å². The van der Waals surface area contributed by atoms with Gasteiger partial charge in [0.25, 0.3) is 0 Å². The second kappa shape index (κ2) is 3.12. The van der Waals surface area contributed by atoms with Gasteiger partial charge in [-0.1, -0.05) is 20.8 Å². The zero-order chi connectivity index (χ0) is 10.2. The highest BCUT2D eigenvalue weighted by Gasteiger charge is 2.20. The van der Waals surface area contributed by atoms with E-state index in [0.29, 0.717) is 0 Å². The van der Waals surface area contributed by atoms with Gasteiger partial charge in [-0.2, -0.15) is 0 Å². The lowest BCUT2D eigenvalue weighted by Gasteiger charge is -2.23. The number of fused-ring (bicyclic) bond motifs is 1. The van der Waals surface area contributed by atoms with E-state index in [2.05, 4.69) is 36.8 Å². The van der Waals surface area contributed by atoms with Gasteiger partial charge in [0.05, 0.1) is 11.0 Å². The van der Waals surface area contributed by atoms with Crippen molar-refractivity contribution in [3.05, 3.63) is 30.1 Å². The van der Waals surface area contributed by atoms with Crippen molar-refractivity contribution in [3.8, 4) is 0 Å². The molecule has 1 N–H and O–H groups in total. The van der Waals surface area contributed by atoms with Crippen molar-refractivity contribution >= 4 is 11.0 Å². The Hall–Kier alpha value is -1.31. The van der Waals surface area contributed by atoms with Crippen molar-refractivity contribution in [2.24, 2.45) is 0 Å². The lowest BCUT2D eigenvalue weighted by molar-refractivity contribution is 0.509. The number of rotatable bonds is 2. The molecule has 74 valence electrons. The monoisotopic (exact) mass is 188 g/mol. The van der Waals surface area contributed by atoms with Gasteiger partial charge in [-0.05, 0) is 29.5 Å². The van der Waals surface area contributed by atoms with Crippen molar-refractivity contribution in [1.29, 1.82) is 0 Å². The van der Waals surface area contributed by atoms with E-state index in [1.165, 1.54) is 11.1 Å². The smallest absolute Gasteiger partial charge is 0.0881 e. The number of hydrogen-bond donors (Lipinski definition) is 1. The molecular weight excluding hydrogens is 172 g/mol. The highest BCUT2D eigenvalue weighted by atomic mass is 14.8. The zero-order valence-electron chi connectivity index (χ0n) is 8.96. The molecule has 0 unspecified atom stereocenters. The summed E-state index contributed by atoms with van der Waals surface area (Å²) in [4.78, 5) is 7.58. The fourth-order valence-electron chi connectivity index (χ4n) is 1.71. The summed E-state index contributed by atoms with van der Waals surface area (Å²) >= 11 is 0. The summed E-state index contributed by atoms with van der Waals surface area (Å²) in [5.41, 5.74) is 3.81. The van der Waals surface area contributed by atoms with Crippen molar-refractivity contribution in [2.45, 2.75) is 32.6 Å². The molecule has 0 atom stereocenters. The van der Waals surface area contributed by atoms with Crippen LogP contribution in [0.25, 0.3) is 11.0 Å². The first-order valence-electron chi connectivity index (χ1n) is 5.08. The SMILES string of the molecule is CCC(C)(C)c1ccnc2cc[nH]c12. The minimum Gasteiger partial charge on any atom is -0.360 e. The number of hydrogen-bond acceptors (Lipinski definition) is 1. The van der Waals surface area contributed by atoms with Gasteiger partial charge in [0.2, 0.25) is 0 Å². The molecule has 0 saturated heterocycles. The molecule has 2 nitrogen and oxygen atoms in total. The fourth-order valence-corrected chi connectivity index (χ4v) is 1.71. The molecule has 0 bridgehead atoms. The summed E-state index contributed by atoms with van der Waals surface area (Å²) in [7, 11) is 0. The molecule has 0 aliphatic heterocycles. The number of pyridine rings is 1. The number of H-pyrrole nitrogens is 1. The van der Waals surface area contributed by atoms with Crippen LogP contribution in [0.3, 0.4) is 0 Å². The summed E-state index contributed by atoms with van der Waals surface area (Å²) in [6, 6.07) is 4.13. The normalized spacial score (nSPS) is 12.2. The lowest BCUT2D eigenvalue weighted by atomic mass is 9.82. The number of nitrogens with one attached hydrogen (secondary N) is 1. The Balaban J connectivity index is 2.67. The van der Waals surface area contributed by atoms with Crippen LogP contribution in [0.4, 0.5) is 0 Å². The molecular formula is C12H16N2. The van der Waals surface area contributed by atoms with E-state index >= 15 is 0 Å². The molecule has 14 heavy (non-hydrogen) atoms. The van der Waals surface area contributed by atoms with E-state index in [9.17, 15) is 0 Å². The second-order valence-electron chi connectivity index (χ2n) is 4.33. The van der Waals surface area contributed by atoms with Crippen LogP contribution in [0.1, 0.15) is 32.8 Å². The topological polar surface area (TPSA) is 28.7 Å². The molecule has 0 amide bonds. The Morgan fingerprint density at radius 1 is 1.36 bits per heavy atom. The van der Waals surface area contributed by atoms with E-state index in [1.54, 1.807) is 0 Å². The Bertz CT molecular complexity index is 440. The maximum atomic E-state index is 4.32. The molecule has 0 fully saturated rings. The third-order valence-electron chi connectivity index (χ3n) is 3.06. The quantitative estimate of drug-likeness (QED) is 0.770. The van der Waals surface area contributed by atoms with E-state index in [4.69, 9.17) is 0 Å². The summed E-state index contributed by atoms with van der Waals surface area (Å²) in [6.45, 7) is 6.75. The Morgan fingerprint density at radius 3 is 2.86 bits per heavy atom. The molecule has 0 saturated carbocycles. The molecule has 2 heterocycles. The van der Waals surface area contributed by atoms with Gasteiger partial charge in [0.15, 0.2) is 0 Å². The van der Waals surface area contributed by atoms with Crippen LogP contribution < -0.4 is 0 Å². The van der Waals surface area contributed by atoms with Gasteiger partial charge in [0.1, 0.15) is 0 Å². The summed E-state index contributed by atoms with van der Waals surface area (Å²) < 4.78 is 0. The van der Waals surface area contributed by atoms with Crippen LogP contribution in [0.15, 0.2) is 24.5 Å². The van der Waals surface area contributed by atoms with Crippen molar-refractivity contribution in [3.63, 3.8) is 0 Å². The first-order valence-corrected chi connectivity index (χ1v) is 5.08. The minimum atomic E-state index is 0.214. The van der Waals surface area contributed by atoms with Crippen LogP contribution in [-0.4, -0.2) is 9.97 Å². The van der Waals surface area contributed by atoms with Gasteiger partial charge >= 0.3 is 0 Å². The third kappa shape index (κ3) is 1.31. The predicted octanol–water partition coefficient (Wildman–Crippen LogP) is 3.25. The fraction of sp³-hybridized carbons (Fsp3) is 0.417. The standard InChI is InChI=1S/C12H16N2/c1-4-12(2,3)9-5-7-13-10-6-8-14-11(9)10/h5-8,14H,4H2,1-3H3. The van der Waals surface area contributed by atoms with E-state index in [1.807, 2.05) is 18.5 Å². The number of aromatic nitrogens is 2. The maximum Gasteiger partial charge on any atom is 0.0881 e. The van der Waals surface area contributed by atoms with Crippen LogP contribution in [0.2, 0.25) is 0 Å². The van der Waals surface area contributed by atoms with Gasteiger partial charge in [-0.15, -0.1) is 0 Å². The highest BCUT2D eigenvalue weighted by Crippen LogP contribution is 2.30. The Kier molecular flexibility index (Phi) is 2.06. The molecule has 0 spiro atoms. The van der Waals surface area contributed by atoms with Crippen LogP contribution in [0.5, 0.6) is 0 Å². The molecule has 2 heteroatoms. The van der Waals surface area contributed by atoms with Crippen LogP contribution in [-0.2, 0) is 5.41 Å². The molecule has 0 aromatic carbocycles. The van der Waals surface area contributed by atoms with Crippen LogP contribution in [0, 0.1) is 0 Å². The van der Waals surface area contributed by atoms with E-state index in [0.717, 1.165) is 11.9 Å². The first kappa shape index (κ1) is 9.25. The zero-order valence-corrected chi connectivity index (χ0v) is 8.96. The number of aromatic amines is 1. The molecule has 2 aromatic rings. The lowest BCUT2D eigenvalue weighted by Crippen LogP contribution is -2.16. The van der Waals surface area contributed by atoms with Gasteiger partial charge in [-0.25, -0.2) is 0 Å². The average Bonchev–Trinajstić information content (AvgIpc) is 2.64. The predicted molar refractivity (Wildman–Crippen MR) is 59.4 cm³/mol. The van der Waals surface area contributed by atoms with E-state index < -0.39 is 0 Å². The van der Waals surface area contributed by atoms with Gasteiger partial charge < -0.3 is 4.98 Å². The third-order valence-corrected chi connectivity index (χ3v) is 3.06. The summed E-state index contributed by atoms with van der Waals surface area (Å²) in [5.74, 6) is 0. The maximum absolute atomic E-state index is 4.32. The minimum absolute atomic E-state index is 0.214. The Morgan fingerprint density at radius 2 is 2.14 bits per heavy atom. The van der Waals surface area contributed by atoms with Gasteiger partial charge in [0, 0.05) is 12.4 Å². The molecule has 0 aliphatic rings. The Labute approximate surface area is 84.4 Å². The highest BCUT2D eigenvalue weighted by molar-refractivity contribution is 5.79. The molecule has 0 radical (unpaired) electrons. The van der Waals surface area contributed by atoms with Crippen LogP contribution >= 0.6 is 0 Å².